The molecule has 0 saturated heterocycles. The molecule has 0 amide bonds. The molecule has 0 saturated carbocycles. The first kappa shape index (κ1) is 14.2. The van der Waals surface area contributed by atoms with Crippen molar-refractivity contribution in [1.29, 1.82) is 0 Å². The first-order chi connectivity index (χ1) is 7.97. The number of carbonyl (C=O) groups excluding carboxylic acids is 1. The highest BCUT2D eigenvalue weighted by molar-refractivity contribution is 6.30. The Labute approximate surface area is 107 Å². The Balaban J connectivity index is 2.67. The van der Waals surface area contributed by atoms with Crippen LogP contribution in [0.2, 0.25) is 5.15 Å². The van der Waals surface area contributed by atoms with Gasteiger partial charge in [0.2, 0.25) is 0 Å². The lowest BCUT2D eigenvalue weighted by atomic mass is 10.00. The van der Waals surface area contributed by atoms with Crippen LogP contribution in [0.1, 0.15) is 25.1 Å². The van der Waals surface area contributed by atoms with Crippen molar-refractivity contribution in [1.82, 2.24) is 15.1 Å². The molecule has 1 heterocycles. The molecule has 0 aliphatic carbocycles. The second-order valence-corrected chi connectivity index (χ2v) is 4.69. The van der Waals surface area contributed by atoms with E-state index in [1.54, 1.807) is 11.7 Å². The first-order valence-corrected chi connectivity index (χ1v) is 6.26. The normalized spacial score (nSPS) is 12.8. The van der Waals surface area contributed by atoms with Gasteiger partial charge in [0.05, 0.1) is 5.69 Å². The molecule has 1 aromatic rings. The SMILES string of the molecule is CCNCC(C)C(=O)Cc1c(C)nn(C)c1Cl. The third-order valence-corrected chi connectivity index (χ3v) is 3.34. The van der Waals surface area contributed by atoms with E-state index in [9.17, 15) is 4.79 Å². The number of nitrogens with one attached hydrogen (secondary N) is 1. The number of rotatable bonds is 6. The Morgan fingerprint density at radius 3 is 2.71 bits per heavy atom. The summed E-state index contributed by atoms with van der Waals surface area (Å²) in [5, 5.41) is 7.94. The molecule has 0 aromatic carbocycles. The molecule has 1 atom stereocenters. The average molecular weight is 258 g/mol. The third kappa shape index (κ3) is 3.54. The molecule has 4 nitrogen and oxygen atoms in total. The van der Waals surface area contributed by atoms with Crippen molar-refractivity contribution in [3.8, 4) is 0 Å². The zero-order valence-electron chi connectivity index (χ0n) is 10.9. The van der Waals surface area contributed by atoms with E-state index in [4.69, 9.17) is 11.6 Å². The van der Waals surface area contributed by atoms with Crippen molar-refractivity contribution >= 4 is 17.4 Å². The van der Waals surface area contributed by atoms with Gasteiger partial charge >= 0.3 is 0 Å². The van der Waals surface area contributed by atoms with E-state index in [2.05, 4.69) is 10.4 Å². The quantitative estimate of drug-likeness (QED) is 0.845. The van der Waals surface area contributed by atoms with Crippen LogP contribution < -0.4 is 5.32 Å². The van der Waals surface area contributed by atoms with Gasteiger partial charge in [0.15, 0.2) is 0 Å². The van der Waals surface area contributed by atoms with Crippen LogP contribution in [0.5, 0.6) is 0 Å². The second kappa shape index (κ2) is 6.17. The summed E-state index contributed by atoms with van der Waals surface area (Å²) in [6, 6.07) is 0. The number of hydrogen-bond donors (Lipinski definition) is 1. The lowest BCUT2D eigenvalue weighted by molar-refractivity contribution is -0.121. The van der Waals surface area contributed by atoms with Gasteiger partial charge in [0.25, 0.3) is 0 Å². The van der Waals surface area contributed by atoms with Crippen LogP contribution in [0.3, 0.4) is 0 Å². The van der Waals surface area contributed by atoms with Gasteiger partial charge in [0.1, 0.15) is 10.9 Å². The van der Waals surface area contributed by atoms with E-state index < -0.39 is 0 Å². The summed E-state index contributed by atoms with van der Waals surface area (Å²) in [6.07, 6.45) is 0.366. The fraction of sp³-hybridized carbons (Fsp3) is 0.667. The Bertz CT molecular complexity index is 401. The Kier molecular flexibility index (Phi) is 5.15. The highest BCUT2D eigenvalue weighted by Crippen LogP contribution is 2.20. The molecule has 96 valence electrons. The molecule has 5 heteroatoms. The lowest BCUT2D eigenvalue weighted by Gasteiger charge is -2.10. The summed E-state index contributed by atoms with van der Waals surface area (Å²) in [5.41, 5.74) is 1.68. The highest BCUT2D eigenvalue weighted by Gasteiger charge is 2.18. The van der Waals surface area contributed by atoms with Gasteiger partial charge in [-0.3, -0.25) is 9.48 Å². The number of Topliss-reactive ketones (excluding diaryl/α,β-unsaturated/α-hetero) is 1. The fourth-order valence-corrected chi connectivity index (χ4v) is 1.94. The van der Waals surface area contributed by atoms with Gasteiger partial charge in [-0.2, -0.15) is 5.10 Å². The molecule has 0 aliphatic heterocycles. The summed E-state index contributed by atoms with van der Waals surface area (Å²) >= 11 is 6.10. The number of nitrogens with zero attached hydrogens (tertiary/aromatic N) is 2. The molecule has 1 N–H and O–H groups in total. The molecule has 0 bridgehead atoms. The Morgan fingerprint density at radius 1 is 1.59 bits per heavy atom. The molecule has 1 aromatic heterocycles. The molecule has 0 spiro atoms. The van der Waals surface area contributed by atoms with Gasteiger partial charge < -0.3 is 5.32 Å². The van der Waals surface area contributed by atoms with Crippen LogP contribution in [-0.2, 0) is 18.3 Å². The van der Waals surface area contributed by atoms with E-state index in [1.807, 2.05) is 20.8 Å². The number of aryl methyl sites for hydroxylation is 2. The van der Waals surface area contributed by atoms with E-state index in [-0.39, 0.29) is 11.7 Å². The van der Waals surface area contributed by atoms with Crippen molar-refractivity contribution in [3.05, 3.63) is 16.4 Å². The van der Waals surface area contributed by atoms with E-state index in [0.717, 1.165) is 17.8 Å². The van der Waals surface area contributed by atoms with E-state index in [0.29, 0.717) is 18.1 Å². The molecule has 17 heavy (non-hydrogen) atoms. The minimum absolute atomic E-state index is 0.00521. The lowest BCUT2D eigenvalue weighted by Crippen LogP contribution is -2.27. The van der Waals surface area contributed by atoms with Gasteiger partial charge in [-0.1, -0.05) is 25.4 Å². The zero-order valence-corrected chi connectivity index (χ0v) is 11.6. The standard InChI is InChI=1S/C12H20ClN3O/c1-5-14-7-8(2)11(17)6-10-9(3)15-16(4)12(10)13/h8,14H,5-7H2,1-4H3. The summed E-state index contributed by atoms with van der Waals surface area (Å²) in [7, 11) is 1.78. The van der Waals surface area contributed by atoms with E-state index >= 15 is 0 Å². The summed E-state index contributed by atoms with van der Waals surface area (Å²) in [5.74, 6) is 0.203. The van der Waals surface area contributed by atoms with Crippen LogP contribution in [0.15, 0.2) is 0 Å². The van der Waals surface area contributed by atoms with Crippen LogP contribution in [0.25, 0.3) is 0 Å². The van der Waals surface area contributed by atoms with Crippen molar-refractivity contribution in [2.75, 3.05) is 13.1 Å². The highest BCUT2D eigenvalue weighted by atomic mass is 35.5. The van der Waals surface area contributed by atoms with E-state index in [1.165, 1.54) is 0 Å². The van der Waals surface area contributed by atoms with Gasteiger partial charge in [-0.05, 0) is 13.5 Å². The largest absolute Gasteiger partial charge is 0.316 e. The molecule has 1 rings (SSSR count). The first-order valence-electron chi connectivity index (χ1n) is 5.88. The molecule has 0 aliphatic rings. The number of ketones is 1. The number of aromatic nitrogens is 2. The fourth-order valence-electron chi connectivity index (χ4n) is 1.70. The molecule has 0 fully saturated rings. The molecule has 0 radical (unpaired) electrons. The maximum absolute atomic E-state index is 12.0. The van der Waals surface area contributed by atoms with Crippen molar-refractivity contribution in [3.63, 3.8) is 0 Å². The smallest absolute Gasteiger partial charge is 0.141 e. The van der Waals surface area contributed by atoms with Crippen LogP contribution in [0.4, 0.5) is 0 Å². The predicted molar refractivity (Wildman–Crippen MR) is 69.4 cm³/mol. The molecular weight excluding hydrogens is 238 g/mol. The maximum atomic E-state index is 12.0. The Hall–Kier alpha value is -0.870. The molecule has 1 unspecified atom stereocenters. The summed E-state index contributed by atoms with van der Waals surface area (Å²) in [6.45, 7) is 7.43. The maximum Gasteiger partial charge on any atom is 0.141 e. The van der Waals surface area contributed by atoms with Crippen LogP contribution in [0, 0.1) is 12.8 Å². The van der Waals surface area contributed by atoms with Crippen molar-refractivity contribution < 1.29 is 4.79 Å². The molecular formula is C12H20ClN3O. The van der Waals surface area contributed by atoms with Crippen LogP contribution in [-0.4, -0.2) is 28.7 Å². The van der Waals surface area contributed by atoms with Crippen molar-refractivity contribution in [2.24, 2.45) is 13.0 Å². The van der Waals surface area contributed by atoms with Crippen molar-refractivity contribution in [2.45, 2.75) is 27.2 Å². The van der Waals surface area contributed by atoms with Gasteiger partial charge in [-0.15, -0.1) is 0 Å². The Morgan fingerprint density at radius 2 is 2.24 bits per heavy atom. The second-order valence-electron chi connectivity index (χ2n) is 4.33. The number of halogens is 1. The minimum Gasteiger partial charge on any atom is -0.316 e. The van der Waals surface area contributed by atoms with Gasteiger partial charge in [-0.25, -0.2) is 0 Å². The summed E-state index contributed by atoms with van der Waals surface area (Å²) < 4.78 is 1.61. The predicted octanol–water partition coefficient (Wildman–Crippen LogP) is 1.74. The topological polar surface area (TPSA) is 46.9 Å². The van der Waals surface area contributed by atoms with Gasteiger partial charge in [0, 0.05) is 31.5 Å². The third-order valence-electron chi connectivity index (χ3n) is 2.87. The minimum atomic E-state index is 0.00521. The average Bonchev–Trinajstić information content (AvgIpc) is 2.52. The number of carbonyl (C=O) groups is 1. The van der Waals surface area contributed by atoms with Crippen LogP contribution >= 0.6 is 11.6 Å². The monoisotopic (exact) mass is 257 g/mol. The summed E-state index contributed by atoms with van der Waals surface area (Å²) in [4.78, 5) is 12.0. The zero-order chi connectivity index (χ0) is 13.0. The number of hydrogen-bond acceptors (Lipinski definition) is 3.